The lowest BCUT2D eigenvalue weighted by atomic mass is 10.1. The SMILES string of the molecule is CCSCC(C)NC1CCc2cc(F)ccc21. The van der Waals surface area contributed by atoms with Crippen LogP contribution < -0.4 is 5.32 Å². The van der Waals surface area contributed by atoms with Crippen molar-refractivity contribution in [2.24, 2.45) is 0 Å². The van der Waals surface area contributed by atoms with Crippen molar-refractivity contribution >= 4 is 11.8 Å². The lowest BCUT2D eigenvalue weighted by Gasteiger charge is -2.20. The van der Waals surface area contributed by atoms with E-state index in [0.29, 0.717) is 12.1 Å². The Morgan fingerprint density at radius 3 is 3.12 bits per heavy atom. The molecule has 3 heteroatoms. The fourth-order valence-electron chi connectivity index (χ4n) is 2.45. The van der Waals surface area contributed by atoms with Gasteiger partial charge in [0.1, 0.15) is 5.82 Å². The van der Waals surface area contributed by atoms with Gasteiger partial charge < -0.3 is 5.32 Å². The van der Waals surface area contributed by atoms with Crippen molar-refractivity contribution in [2.75, 3.05) is 11.5 Å². The Labute approximate surface area is 107 Å². The monoisotopic (exact) mass is 253 g/mol. The zero-order chi connectivity index (χ0) is 12.3. The first-order valence-corrected chi connectivity index (χ1v) is 7.48. The smallest absolute Gasteiger partial charge is 0.123 e. The number of rotatable bonds is 5. The molecule has 1 aliphatic rings. The number of thioether (sulfide) groups is 1. The number of fused-ring (bicyclic) bond motifs is 1. The molecule has 0 saturated heterocycles. The van der Waals surface area contributed by atoms with E-state index in [4.69, 9.17) is 0 Å². The van der Waals surface area contributed by atoms with Gasteiger partial charge in [-0.1, -0.05) is 13.0 Å². The van der Waals surface area contributed by atoms with Crippen molar-refractivity contribution in [3.8, 4) is 0 Å². The molecule has 0 fully saturated rings. The highest BCUT2D eigenvalue weighted by molar-refractivity contribution is 7.99. The summed E-state index contributed by atoms with van der Waals surface area (Å²) < 4.78 is 13.1. The van der Waals surface area contributed by atoms with E-state index in [1.54, 1.807) is 12.1 Å². The van der Waals surface area contributed by atoms with Crippen molar-refractivity contribution in [3.63, 3.8) is 0 Å². The van der Waals surface area contributed by atoms with Crippen molar-refractivity contribution in [1.29, 1.82) is 0 Å². The summed E-state index contributed by atoms with van der Waals surface area (Å²) in [7, 11) is 0. The van der Waals surface area contributed by atoms with Gasteiger partial charge in [-0.3, -0.25) is 0 Å². The summed E-state index contributed by atoms with van der Waals surface area (Å²) in [5.41, 5.74) is 2.47. The van der Waals surface area contributed by atoms with E-state index in [1.807, 2.05) is 17.8 Å². The molecule has 0 aliphatic heterocycles. The second kappa shape index (κ2) is 5.87. The maximum Gasteiger partial charge on any atom is 0.123 e. The van der Waals surface area contributed by atoms with Gasteiger partial charge in [0.05, 0.1) is 0 Å². The molecule has 1 aliphatic carbocycles. The largest absolute Gasteiger partial charge is 0.307 e. The van der Waals surface area contributed by atoms with Gasteiger partial charge >= 0.3 is 0 Å². The van der Waals surface area contributed by atoms with Crippen LogP contribution >= 0.6 is 11.8 Å². The van der Waals surface area contributed by atoms with E-state index in [-0.39, 0.29) is 5.82 Å². The number of hydrogen-bond donors (Lipinski definition) is 1. The summed E-state index contributed by atoms with van der Waals surface area (Å²) in [6.45, 7) is 4.41. The summed E-state index contributed by atoms with van der Waals surface area (Å²) in [5.74, 6) is 2.20. The molecule has 1 aromatic rings. The Morgan fingerprint density at radius 2 is 2.35 bits per heavy atom. The summed E-state index contributed by atoms with van der Waals surface area (Å²) in [6.07, 6.45) is 2.10. The minimum atomic E-state index is -0.112. The van der Waals surface area contributed by atoms with Crippen molar-refractivity contribution < 1.29 is 4.39 Å². The number of halogens is 1. The summed E-state index contributed by atoms with van der Waals surface area (Å²) in [5, 5.41) is 3.65. The number of nitrogens with one attached hydrogen (secondary N) is 1. The van der Waals surface area contributed by atoms with E-state index < -0.39 is 0 Å². The van der Waals surface area contributed by atoms with Gasteiger partial charge in [0.2, 0.25) is 0 Å². The van der Waals surface area contributed by atoms with E-state index in [1.165, 1.54) is 16.9 Å². The van der Waals surface area contributed by atoms with Crippen LogP contribution in [0.2, 0.25) is 0 Å². The van der Waals surface area contributed by atoms with Crippen LogP contribution in [0.25, 0.3) is 0 Å². The van der Waals surface area contributed by atoms with Crippen LogP contribution in [-0.2, 0) is 6.42 Å². The predicted molar refractivity (Wildman–Crippen MR) is 73.1 cm³/mol. The van der Waals surface area contributed by atoms with Crippen molar-refractivity contribution in [3.05, 3.63) is 35.1 Å². The highest BCUT2D eigenvalue weighted by Gasteiger charge is 2.23. The molecule has 1 nitrogen and oxygen atoms in total. The molecule has 0 amide bonds. The third-order valence-electron chi connectivity index (χ3n) is 3.24. The highest BCUT2D eigenvalue weighted by atomic mass is 32.2. The predicted octanol–water partition coefficient (Wildman–Crippen LogP) is 3.54. The molecule has 94 valence electrons. The third-order valence-corrected chi connectivity index (χ3v) is 4.38. The molecule has 0 saturated carbocycles. The van der Waals surface area contributed by atoms with Crippen LogP contribution in [-0.4, -0.2) is 17.5 Å². The molecule has 1 N–H and O–H groups in total. The number of benzene rings is 1. The van der Waals surface area contributed by atoms with Gasteiger partial charge in [-0.2, -0.15) is 11.8 Å². The van der Waals surface area contributed by atoms with E-state index in [2.05, 4.69) is 19.2 Å². The Hall–Kier alpha value is -0.540. The molecule has 2 unspecified atom stereocenters. The van der Waals surface area contributed by atoms with Gasteiger partial charge in [0.15, 0.2) is 0 Å². The fraction of sp³-hybridized carbons (Fsp3) is 0.571. The molecular weight excluding hydrogens is 233 g/mol. The van der Waals surface area contributed by atoms with Crippen molar-refractivity contribution in [2.45, 2.75) is 38.8 Å². The Bertz CT molecular complexity index is 380. The first-order valence-electron chi connectivity index (χ1n) is 6.32. The van der Waals surface area contributed by atoms with Gasteiger partial charge in [0.25, 0.3) is 0 Å². The van der Waals surface area contributed by atoms with Gasteiger partial charge in [-0.25, -0.2) is 4.39 Å². The van der Waals surface area contributed by atoms with E-state index in [0.717, 1.165) is 18.6 Å². The molecule has 0 spiro atoms. The highest BCUT2D eigenvalue weighted by Crippen LogP contribution is 2.31. The van der Waals surface area contributed by atoms with Crippen LogP contribution in [0.15, 0.2) is 18.2 Å². The second-order valence-electron chi connectivity index (χ2n) is 4.66. The average molecular weight is 253 g/mol. The molecule has 0 bridgehead atoms. The lowest BCUT2D eigenvalue weighted by Crippen LogP contribution is -2.31. The first kappa shape index (κ1) is 12.9. The summed E-state index contributed by atoms with van der Waals surface area (Å²) in [4.78, 5) is 0. The molecule has 1 aromatic carbocycles. The minimum Gasteiger partial charge on any atom is -0.307 e. The Balaban J connectivity index is 1.97. The maximum atomic E-state index is 13.1. The zero-order valence-corrected chi connectivity index (χ0v) is 11.3. The van der Waals surface area contributed by atoms with Gasteiger partial charge in [-0.15, -0.1) is 0 Å². The maximum absolute atomic E-state index is 13.1. The average Bonchev–Trinajstić information content (AvgIpc) is 2.69. The van der Waals surface area contributed by atoms with Crippen molar-refractivity contribution in [1.82, 2.24) is 5.32 Å². The van der Waals surface area contributed by atoms with Crippen LogP contribution in [0.3, 0.4) is 0 Å². The zero-order valence-electron chi connectivity index (χ0n) is 10.5. The summed E-state index contributed by atoms with van der Waals surface area (Å²) >= 11 is 1.96. The molecule has 0 aromatic heterocycles. The van der Waals surface area contributed by atoms with Gasteiger partial charge in [-0.05, 0) is 48.8 Å². The standard InChI is InChI=1S/C14H20FNS/c1-3-17-9-10(2)16-14-7-4-11-8-12(15)5-6-13(11)14/h5-6,8,10,14,16H,3-4,7,9H2,1-2H3. The van der Waals surface area contributed by atoms with Gasteiger partial charge in [0, 0.05) is 17.8 Å². The minimum absolute atomic E-state index is 0.112. The first-order chi connectivity index (χ1) is 8.20. The Kier molecular flexibility index (Phi) is 4.46. The van der Waals surface area contributed by atoms with Crippen LogP contribution in [0.4, 0.5) is 4.39 Å². The number of aryl methyl sites for hydroxylation is 1. The topological polar surface area (TPSA) is 12.0 Å². The van der Waals surface area contributed by atoms with Crippen LogP contribution in [0.1, 0.15) is 37.4 Å². The van der Waals surface area contributed by atoms with E-state index >= 15 is 0 Å². The molecule has 2 atom stereocenters. The molecule has 0 radical (unpaired) electrons. The Morgan fingerprint density at radius 1 is 1.53 bits per heavy atom. The van der Waals surface area contributed by atoms with Crippen LogP contribution in [0.5, 0.6) is 0 Å². The molecule has 17 heavy (non-hydrogen) atoms. The quantitative estimate of drug-likeness (QED) is 0.861. The molecule has 2 rings (SSSR count). The lowest BCUT2D eigenvalue weighted by molar-refractivity contribution is 0.479. The molecular formula is C14H20FNS. The molecule has 0 heterocycles. The third kappa shape index (κ3) is 3.23. The summed E-state index contributed by atoms with van der Waals surface area (Å²) in [6, 6.07) is 6.13. The van der Waals surface area contributed by atoms with E-state index in [9.17, 15) is 4.39 Å². The van der Waals surface area contributed by atoms with Crippen LogP contribution in [0, 0.1) is 5.82 Å². The number of hydrogen-bond acceptors (Lipinski definition) is 2. The normalized spacial score (nSPS) is 20.3. The second-order valence-corrected chi connectivity index (χ2v) is 5.98. The fourth-order valence-corrected chi connectivity index (χ4v) is 3.13.